The molecule has 0 saturated carbocycles. The Labute approximate surface area is 95.8 Å². The number of nitrogens with zero attached hydrogens (tertiary/aromatic N) is 3. The molecule has 5 nitrogen and oxygen atoms in total. The average molecular weight is 222 g/mol. The van der Waals surface area contributed by atoms with Gasteiger partial charge in [0.25, 0.3) is 0 Å². The highest BCUT2D eigenvalue weighted by Crippen LogP contribution is 2.19. The van der Waals surface area contributed by atoms with Crippen molar-refractivity contribution < 1.29 is 4.74 Å². The SMILES string of the molecule is CNc1nccc(N2CCC(OC)CC2)n1. The Bertz CT molecular complexity index is 337. The molecule has 1 aromatic heterocycles. The Morgan fingerprint density at radius 2 is 2.19 bits per heavy atom. The molecule has 88 valence electrons. The molecule has 1 fully saturated rings. The fraction of sp³-hybridized carbons (Fsp3) is 0.636. The molecule has 1 saturated heterocycles. The summed E-state index contributed by atoms with van der Waals surface area (Å²) in [4.78, 5) is 10.8. The first kappa shape index (κ1) is 11.1. The van der Waals surface area contributed by atoms with Crippen LogP contribution in [0.15, 0.2) is 12.3 Å². The molecule has 0 amide bonds. The first-order valence-corrected chi connectivity index (χ1v) is 5.62. The third-order valence-corrected chi connectivity index (χ3v) is 2.96. The van der Waals surface area contributed by atoms with Crippen molar-refractivity contribution in [3.05, 3.63) is 12.3 Å². The summed E-state index contributed by atoms with van der Waals surface area (Å²) >= 11 is 0. The molecule has 0 aromatic carbocycles. The van der Waals surface area contributed by atoms with Crippen LogP contribution in [0.5, 0.6) is 0 Å². The summed E-state index contributed by atoms with van der Waals surface area (Å²) in [6.45, 7) is 2.00. The molecule has 1 aliphatic heterocycles. The number of nitrogens with one attached hydrogen (secondary N) is 1. The molecule has 16 heavy (non-hydrogen) atoms. The molecule has 2 heterocycles. The van der Waals surface area contributed by atoms with Gasteiger partial charge in [-0.15, -0.1) is 0 Å². The number of ether oxygens (including phenoxy) is 1. The van der Waals surface area contributed by atoms with Crippen LogP contribution in [0.25, 0.3) is 0 Å². The van der Waals surface area contributed by atoms with Crippen LogP contribution in [0.4, 0.5) is 11.8 Å². The lowest BCUT2D eigenvalue weighted by molar-refractivity contribution is 0.0818. The molecule has 0 radical (unpaired) electrons. The lowest BCUT2D eigenvalue weighted by Gasteiger charge is -2.32. The maximum absolute atomic E-state index is 5.35. The molecule has 1 aromatic rings. The second kappa shape index (κ2) is 5.12. The molecule has 1 N–H and O–H groups in total. The number of rotatable bonds is 3. The summed E-state index contributed by atoms with van der Waals surface area (Å²) < 4.78 is 5.35. The first-order chi connectivity index (χ1) is 7.83. The fourth-order valence-corrected chi connectivity index (χ4v) is 1.97. The van der Waals surface area contributed by atoms with Gasteiger partial charge in [-0.2, -0.15) is 4.98 Å². The number of methoxy groups -OCH3 is 1. The standard InChI is InChI=1S/C11H18N4O/c1-12-11-13-6-3-10(14-11)15-7-4-9(16-2)5-8-15/h3,6,9H,4-5,7-8H2,1-2H3,(H,12,13,14). The Balaban J connectivity index is 2.02. The van der Waals surface area contributed by atoms with Crippen LogP contribution in [0.1, 0.15) is 12.8 Å². The van der Waals surface area contributed by atoms with Gasteiger partial charge in [0.2, 0.25) is 5.95 Å². The molecule has 0 bridgehead atoms. The number of piperidine rings is 1. The molecule has 0 unspecified atom stereocenters. The van der Waals surface area contributed by atoms with Gasteiger partial charge >= 0.3 is 0 Å². The minimum absolute atomic E-state index is 0.404. The van der Waals surface area contributed by atoms with E-state index in [2.05, 4.69) is 20.2 Å². The van der Waals surface area contributed by atoms with Crippen molar-refractivity contribution in [2.24, 2.45) is 0 Å². The molecule has 0 atom stereocenters. The predicted octanol–water partition coefficient (Wildman–Crippen LogP) is 1.13. The Hall–Kier alpha value is -1.36. The predicted molar refractivity (Wildman–Crippen MR) is 63.8 cm³/mol. The van der Waals surface area contributed by atoms with Crippen molar-refractivity contribution >= 4 is 11.8 Å². The second-order valence-corrected chi connectivity index (χ2v) is 3.91. The van der Waals surface area contributed by atoms with E-state index in [0.29, 0.717) is 12.1 Å². The minimum atomic E-state index is 0.404. The van der Waals surface area contributed by atoms with Crippen molar-refractivity contribution in [1.82, 2.24) is 9.97 Å². The van der Waals surface area contributed by atoms with E-state index in [4.69, 9.17) is 4.74 Å². The van der Waals surface area contributed by atoms with Crippen LogP contribution in [-0.4, -0.2) is 43.3 Å². The van der Waals surface area contributed by atoms with E-state index >= 15 is 0 Å². The van der Waals surface area contributed by atoms with Crippen molar-refractivity contribution in [3.8, 4) is 0 Å². The molecule has 2 rings (SSSR count). The van der Waals surface area contributed by atoms with E-state index in [9.17, 15) is 0 Å². The fourth-order valence-electron chi connectivity index (χ4n) is 1.97. The molecular formula is C11H18N4O. The third kappa shape index (κ3) is 2.41. The molecule has 5 heteroatoms. The van der Waals surface area contributed by atoms with E-state index in [1.54, 1.807) is 13.3 Å². The van der Waals surface area contributed by atoms with Crippen molar-refractivity contribution in [2.45, 2.75) is 18.9 Å². The number of aromatic nitrogens is 2. The third-order valence-electron chi connectivity index (χ3n) is 2.96. The highest BCUT2D eigenvalue weighted by atomic mass is 16.5. The Kier molecular flexibility index (Phi) is 3.56. The maximum Gasteiger partial charge on any atom is 0.224 e. The van der Waals surface area contributed by atoms with Crippen LogP contribution in [-0.2, 0) is 4.74 Å². The summed E-state index contributed by atoms with van der Waals surface area (Å²) in [6, 6.07) is 1.95. The second-order valence-electron chi connectivity index (χ2n) is 3.91. The normalized spacial score (nSPS) is 17.5. The summed E-state index contributed by atoms with van der Waals surface area (Å²) in [7, 11) is 3.61. The largest absolute Gasteiger partial charge is 0.381 e. The quantitative estimate of drug-likeness (QED) is 0.831. The monoisotopic (exact) mass is 222 g/mol. The van der Waals surface area contributed by atoms with Crippen LogP contribution >= 0.6 is 0 Å². The summed E-state index contributed by atoms with van der Waals surface area (Å²) in [5.41, 5.74) is 0. The highest BCUT2D eigenvalue weighted by molar-refractivity contribution is 5.42. The molecule has 0 spiro atoms. The lowest BCUT2D eigenvalue weighted by Crippen LogP contribution is -2.37. The molecular weight excluding hydrogens is 204 g/mol. The van der Waals surface area contributed by atoms with Gasteiger partial charge in [-0.3, -0.25) is 0 Å². The lowest BCUT2D eigenvalue weighted by atomic mass is 10.1. The minimum Gasteiger partial charge on any atom is -0.381 e. The average Bonchev–Trinajstić information content (AvgIpc) is 2.39. The topological polar surface area (TPSA) is 50.3 Å². The number of hydrogen-bond donors (Lipinski definition) is 1. The number of anilines is 2. The van der Waals surface area contributed by atoms with E-state index in [1.807, 2.05) is 13.1 Å². The van der Waals surface area contributed by atoms with Gasteiger partial charge < -0.3 is 15.0 Å². The summed E-state index contributed by atoms with van der Waals surface area (Å²) in [5, 5.41) is 2.95. The van der Waals surface area contributed by atoms with Crippen LogP contribution in [0, 0.1) is 0 Å². The van der Waals surface area contributed by atoms with Crippen molar-refractivity contribution in [1.29, 1.82) is 0 Å². The zero-order chi connectivity index (χ0) is 11.4. The van der Waals surface area contributed by atoms with Crippen LogP contribution in [0.3, 0.4) is 0 Å². The zero-order valence-electron chi connectivity index (χ0n) is 9.81. The van der Waals surface area contributed by atoms with Crippen molar-refractivity contribution in [3.63, 3.8) is 0 Å². The van der Waals surface area contributed by atoms with Gasteiger partial charge in [-0.1, -0.05) is 0 Å². The van der Waals surface area contributed by atoms with Gasteiger partial charge in [0.05, 0.1) is 6.10 Å². The van der Waals surface area contributed by atoms with Gasteiger partial charge in [0.15, 0.2) is 0 Å². The first-order valence-electron chi connectivity index (χ1n) is 5.62. The van der Waals surface area contributed by atoms with Crippen LogP contribution in [0.2, 0.25) is 0 Å². The Morgan fingerprint density at radius 3 is 2.81 bits per heavy atom. The highest BCUT2D eigenvalue weighted by Gasteiger charge is 2.19. The van der Waals surface area contributed by atoms with E-state index in [-0.39, 0.29) is 0 Å². The summed E-state index contributed by atoms with van der Waals surface area (Å²) in [6.07, 6.45) is 4.32. The number of hydrogen-bond acceptors (Lipinski definition) is 5. The van der Waals surface area contributed by atoms with Gasteiger partial charge in [0, 0.05) is 33.4 Å². The Morgan fingerprint density at radius 1 is 1.44 bits per heavy atom. The zero-order valence-corrected chi connectivity index (χ0v) is 9.81. The van der Waals surface area contributed by atoms with Crippen LogP contribution < -0.4 is 10.2 Å². The molecule has 1 aliphatic rings. The summed E-state index contributed by atoms with van der Waals surface area (Å²) in [5.74, 6) is 1.67. The van der Waals surface area contributed by atoms with Gasteiger partial charge in [-0.25, -0.2) is 4.98 Å². The maximum atomic E-state index is 5.35. The smallest absolute Gasteiger partial charge is 0.224 e. The van der Waals surface area contributed by atoms with Crippen molar-refractivity contribution in [2.75, 3.05) is 37.5 Å². The van der Waals surface area contributed by atoms with Gasteiger partial charge in [-0.05, 0) is 18.9 Å². The van der Waals surface area contributed by atoms with Gasteiger partial charge in [0.1, 0.15) is 5.82 Å². The van der Waals surface area contributed by atoms with E-state index in [0.717, 1.165) is 31.7 Å². The molecule has 0 aliphatic carbocycles. The van der Waals surface area contributed by atoms with E-state index < -0.39 is 0 Å². The van der Waals surface area contributed by atoms with E-state index in [1.165, 1.54) is 0 Å².